The van der Waals surface area contributed by atoms with E-state index in [2.05, 4.69) is 15.8 Å². The second-order valence-corrected chi connectivity index (χ2v) is 8.63. The number of hydrazone groups is 1. The third kappa shape index (κ3) is 7.55. The molecule has 0 unspecified atom stereocenters. The van der Waals surface area contributed by atoms with Crippen molar-refractivity contribution in [3.8, 4) is 28.7 Å². The first-order valence-electron chi connectivity index (χ1n) is 11.5. The van der Waals surface area contributed by atoms with Gasteiger partial charge in [-0.3, -0.25) is 9.59 Å². The quantitative estimate of drug-likeness (QED) is 0.148. The first kappa shape index (κ1) is 30.1. The molecule has 0 atom stereocenters. The lowest BCUT2D eigenvalue weighted by Crippen LogP contribution is -2.34. The van der Waals surface area contributed by atoms with Crippen LogP contribution in [-0.2, 0) is 4.79 Å². The fourth-order valence-electron chi connectivity index (χ4n) is 3.32. The largest absolute Gasteiger partial charge is 0.493 e. The maximum absolute atomic E-state index is 12.5. The molecule has 210 valence electrons. The second-order valence-electron chi connectivity index (χ2n) is 7.82. The van der Waals surface area contributed by atoms with Crippen molar-refractivity contribution in [2.75, 3.05) is 35.0 Å². The number of carbonyl (C=O) groups is 3. The molecule has 0 fully saturated rings. The van der Waals surface area contributed by atoms with E-state index < -0.39 is 17.8 Å². The Hall–Kier alpha value is -4.48. The molecule has 3 aromatic rings. The Bertz CT molecular complexity index is 1420. The summed E-state index contributed by atoms with van der Waals surface area (Å²) in [5.74, 6) is -0.416. The summed E-state index contributed by atoms with van der Waals surface area (Å²) in [6.07, 6.45) is 1.35. The lowest BCUT2D eigenvalue weighted by molar-refractivity contribution is -0.120. The number of ether oxygens (including phenoxy) is 5. The van der Waals surface area contributed by atoms with E-state index >= 15 is 0 Å². The molecule has 13 heteroatoms. The van der Waals surface area contributed by atoms with Crippen molar-refractivity contribution in [1.82, 2.24) is 10.7 Å². The number of amides is 2. The predicted molar refractivity (Wildman–Crippen MR) is 149 cm³/mol. The minimum Gasteiger partial charge on any atom is -0.493 e. The van der Waals surface area contributed by atoms with Crippen LogP contribution >= 0.6 is 23.2 Å². The molecule has 0 heterocycles. The number of methoxy groups -OCH3 is 4. The van der Waals surface area contributed by atoms with E-state index in [4.69, 9.17) is 46.9 Å². The normalized spacial score (nSPS) is 10.6. The van der Waals surface area contributed by atoms with Gasteiger partial charge >= 0.3 is 5.97 Å². The number of nitrogens with one attached hydrogen (secondary N) is 2. The molecule has 40 heavy (non-hydrogen) atoms. The Balaban J connectivity index is 1.58. The number of carbonyl (C=O) groups excluding carboxylic acids is 3. The van der Waals surface area contributed by atoms with E-state index in [1.807, 2.05) is 0 Å². The van der Waals surface area contributed by atoms with Gasteiger partial charge < -0.3 is 29.0 Å². The van der Waals surface area contributed by atoms with Crippen molar-refractivity contribution in [3.63, 3.8) is 0 Å². The number of hydrogen-bond donors (Lipinski definition) is 2. The molecule has 0 aliphatic heterocycles. The van der Waals surface area contributed by atoms with Gasteiger partial charge in [0, 0.05) is 5.56 Å². The van der Waals surface area contributed by atoms with Gasteiger partial charge in [0.2, 0.25) is 5.75 Å². The summed E-state index contributed by atoms with van der Waals surface area (Å²) in [6, 6.07) is 12.0. The van der Waals surface area contributed by atoms with Crippen LogP contribution in [0, 0.1) is 0 Å². The molecule has 2 N–H and O–H groups in total. The van der Waals surface area contributed by atoms with Crippen LogP contribution in [-0.4, -0.2) is 59.0 Å². The van der Waals surface area contributed by atoms with Crippen LogP contribution in [0.1, 0.15) is 26.3 Å². The Morgan fingerprint density at radius 3 is 2.05 bits per heavy atom. The summed E-state index contributed by atoms with van der Waals surface area (Å²) in [6.45, 7) is -0.347. The third-order valence-corrected chi connectivity index (χ3v) is 6.02. The number of halogens is 2. The van der Waals surface area contributed by atoms with Gasteiger partial charge in [0.1, 0.15) is 0 Å². The second kappa shape index (κ2) is 14.1. The molecule has 0 bridgehead atoms. The highest BCUT2D eigenvalue weighted by molar-refractivity contribution is 6.42. The summed E-state index contributed by atoms with van der Waals surface area (Å²) >= 11 is 11.8. The van der Waals surface area contributed by atoms with Crippen LogP contribution in [0.5, 0.6) is 28.7 Å². The molecule has 11 nitrogen and oxygen atoms in total. The zero-order valence-electron chi connectivity index (χ0n) is 21.9. The molecule has 3 rings (SSSR count). The minimum atomic E-state index is -0.654. The molecule has 0 aliphatic carbocycles. The van der Waals surface area contributed by atoms with Gasteiger partial charge in [-0.1, -0.05) is 23.2 Å². The van der Waals surface area contributed by atoms with Crippen LogP contribution in [0.4, 0.5) is 0 Å². The molecule has 0 aromatic heterocycles. The van der Waals surface area contributed by atoms with Crippen LogP contribution in [0.25, 0.3) is 0 Å². The minimum absolute atomic E-state index is 0.161. The Labute approximate surface area is 239 Å². The van der Waals surface area contributed by atoms with Gasteiger partial charge in [0.25, 0.3) is 11.8 Å². The predicted octanol–water partition coefficient (Wildman–Crippen LogP) is 4.13. The SMILES string of the molecule is COc1cc(C=NNC(=O)CNC(=O)c2cc(OC)c(OC)c(OC)c2)ccc1OC(=O)c1ccc(Cl)c(Cl)c1. The number of nitrogens with zero attached hydrogens (tertiary/aromatic N) is 1. The molecular formula is C27H25Cl2N3O8. The molecular weight excluding hydrogens is 565 g/mol. The number of benzene rings is 3. The highest BCUT2D eigenvalue weighted by Gasteiger charge is 2.18. The summed E-state index contributed by atoms with van der Waals surface area (Å²) in [4.78, 5) is 37.2. The Morgan fingerprint density at radius 1 is 0.775 bits per heavy atom. The van der Waals surface area contributed by atoms with Gasteiger partial charge in [-0.2, -0.15) is 5.10 Å². The fraction of sp³-hybridized carbons (Fsp3) is 0.185. The van der Waals surface area contributed by atoms with E-state index in [-0.39, 0.29) is 34.2 Å². The molecule has 0 saturated heterocycles. The zero-order valence-corrected chi connectivity index (χ0v) is 23.4. The molecule has 3 aromatic carbocycles. The average molecular weight is 590 g/mol. The van der Waals surface area contributed by atoms with Crippen molar-refractivity contribution in [1.29, 1.82) is 0 Å². The first-order chi connectivity index (χ1) is 19.2. The highest BCUT2D eigenvalue weighted by atomic mass is 35.5. The van der Waals surface area contributed by atoms with E-state index in [0.29, 0.717) is 27.8 Å². The number of rotatable bonds is 11. The van der Waals surface area contributed by atoms with E-state index in [0.717, 1.165) is 0 Å². The summed E-state index contributed by atoms with van der Waals surface area (Å²) in [5, 5.41) is 6.90. The molecule has 0 aliphatic rings. The highest BCUT2D eigenvalue weighted by Crippen LogP contribution is 2.38. The van der Waals surface area contributed by atoms with Crippen molar-refractivity contribution in [2.45, 2.75) is 0 Å². The lowest BCUT2D eigenvalue weighted by atomic mass is 10.1. The molecule has 2 amide bonds. The van der Waals surface area contributed by atoms with Crippen LogP contribution in [0.2, 0.25) is 10.0 Å². The summed E-state index contributed by atoms with van der Waals surface area (Å²) in [7, 11) is 5.71. The monoisotopic (exact) mass is 589 g/mol. The van der Waals surface area contributed by atoms with Crippen molar-refractivity contribution < 1.29 is 38.1 Å². The standard InChI is InChI=1S/C27H25Cl2N3O8/c1-36-21-9-15(5-8-20(21)40-27(35)16-6-7-18(28)19(29)10-16)13-31-32-24(33)14-30-26(34)17-11-22(37-2)25(39-4)23(12-17)38-3/h5-13H,14H2,1-4H3,(H,30,34)(H,32,33). The Morgan fingerprint density at radius 2 is 1.45 bits per heavy atom. The van der Waals surface area contributed by atoms with Gasteiger partial charge in [-0.05, 0) is 54.1 Å². The van der Waals surface area contributed by atoms with Gasteiger partial charge in [0.15, 0.2) is 23.0 Å². The lowest BCUT2D eigenvalue weighted by Gasteiger charge is -2.14. The molecule has 0 radical (unpaired) electrons. The van der Waals surface area contributed by atoms with E-state index in [9.17, 15) is 14.4 Å². The van der Waals surface area contributed by atoms with E-state index in [1.165, 1.54) is 71.1 Å². The van der Waals surface area contributed by atoms with Gasteiger partial charge in [0.05, 0.1) is 56.8 Å². The maximum atomic E-state index is 12.5. The van der Waals surface area contributed by atoms with Crippen molar-refractivity contribution in [2.24, 2.45) is 5.10 Å². The average Bonchev–Trinajstić information content (AvgIpc) is 2.96. The molecule has 0 spiro atoms. The van der Waals surface area contributed by atoms with Crippen LogP contribution in [0.3, 0.4) is 0 Å². The topological polar surface area (TPSA) is 134 Å². The van der Waals surface area contributed by atoms with Gasteiger partial charge in [-0.15, -0.1) is 0 Å². The van der Waals surface area contributed by atoms with Gasteiger partial charge in [-0.25, -0.2) is 10.2 Å². The summed E-state index contributed by atoms with van der Waals surface area (Å²) < 4.78 is 26.4. The first-order valence-corrected chi connectivity index (χ1v) is 12.2. The maximum Gasteiger partial charge on any atom is 0.343 e. The van der Waals surface area contributed by atoms with Crippen molar-refractivity contribution in [3.05, 3.63) is 75.3 Å². The summed E-state index contributed by atoms with van der Waals surface area (Å²) in [5.41, 5.74) is 3.27. The molecule has 0 saturated carbocycles. The van der Waals surface area contributed by atoms with Crippen molar-refractivity contribution >= 4 is 47.2 Å². The van der Waals surface area contributed by atoms with Crippen LogP contribution < -0.4 is 34.4 Å². The zero-order chi connectivity index (χ0) is 29.2. The van der Waals surface area contributed by atoms with Crippen LogP contribution in [0.15, 0.2) is 53.6 Å². The van der Waals surface area contributed by atoms with E-state index in [1.54, 1.807) is 12.1 Å². The fourth-order valence-corrected chi connectivity index (χ4v) is 3.62. The number of esters is 1. The smallest absolute Gasteiger partial charge is 0.343 e. The third-order valence-electron chi connectivity index (χ3n) is 5.28. The Kier molecular flexibility index (Phi) is 10.6. The number of hydrogen-bond acceptors (Lipinski definition) is 9.